The number of hydrogen-bond acceptors (Lipinski definition) is 4. The molecule has 0 N–H and O–H groups in total. The van der Waals surface area contributed by atoms with Gasteiger partial charge < -0.3 is 4.90 Å². The maximum absolute atomic E-state index is 12.4. The summed E-state index contributed by atoms with van der Waals surface area (Å²) in [5.74, 6) is 0.0656. The van der Waals surface area contributed by atoms with Crippen LogP contribution in [0.1, 0.15) is 23.5 Å². The van der Waals surface area contributed by atoms with Crippen LogP contribution in [0, 0.1) is 11.3 Å². The Morgan fingerprint density at radius 3 is 2.40 bits per heavy atom. The fourth-order valence-electron chi connectivity index (χ4n) is 2.15. The van der Waals surface area contributed by atoms with Crippen molar-refractivity contribution in [1.82, 2.24) is 9.80 Å². The second kappa shape index (κ2) is 6.14. The van der Waals surface area contributed by atoms with Gasteiger partial charge in [0.05, 0.1) is 14.7 Å². The van der Waals surface area contributed by atoms with Gasteiger partial charge in [0.1, 0.15) is 5.54 Å². The van der Waals surface area contributed by atoms with E-state index < -0.39 is 5.54 Å². The molecule has 2 heterocycles. The van der Waals surface area contributed by atoms with E-state index in [1.807, 2.05) is 24.8 Å². The molecule has 20 heavy (non-hydrogen) atoms. The van der Waals surface area contributed by atoms with E-state index in [0.717, 1.165) is 26.2 Å². The zero-order valence-corrected chi connectivity index (χ0v) is 15.3. The Morgan fingerprint density at radius 1 is 1.35 bits per heavy atom. The maximum atomic E-state index is 12.4. The van der Waals surface area contributed by atoms with Gasteiger partial charge in [-0.3, -0.25) is 9.69 Å². The smallest absolute Gasteiger partial charge is 0.264 e. The van der Waals surface area contributed by atoms with E-state index in [9.17, 15) is 4.79 Å². The molecule has 1 fully saturated rings. The predicted octanol–water partition coefficient (Wildman–Crippen LogP) is 3.33. The van der Waals surface area contributed by atoms with Gasteiger partial charge in [0.2, 0.25) is 0 Å². The van der Waals surface area contributed by atoms with Crippen molar-refractivity contribution in [2.45, 2.75) is 19.4 Å². The van der Waals surface area contributed by atoms with Crippen molar-refractivity contribution in [3.8, 4) is 6.07 Å². The van der Waals surface area contributed by atoms with Crippen LogP contribution in [0.25, 0.3) is 0 Å². The van der Waals surface area contributed by atoms with Crippen molar-refractivity contribution in [3.63, 3.8) is 0 Å². The molecule has 1 aliphatic rings. The molecule has 0 aromatic carbocycles. The SMILES string of the molecule is CC(C)(C#N)N1CCN(C(=O)c2cc(Br)c(Br)s2)CC1. The predicted molar refractivity (Wildman–Crippen MR) is 86.9 cm³/mol. The molecular weight excluding hydrogens is 406 g/mol. The van der Waals surface area contributed by atoms with Gasteiger partial charge in [-0.05, 0) is 51.8 Å². The lowest BCUT2D eigenvalue weighted by Gasteiger charge is -2.40. The summed E-state index contributed by atoms with van der Waals surface area (Å²) in [5.41, 5.74) is -0.468. The largest absolute Gasteiger partial charge is 0.335 e. The topological polar surface area (TPSA) is 47.3 Å². The molecule has 4 nitrogen and oxygen atoms in total. The molecule has 0 radical (unpaired) electrons. The van der Waals surface area contributed by atoms with E-state index in [1.165, 1.54) is 11.3 Å². The van der Waals surface area contributed by atoms with Gasteiger partial charge in [0.15, 0.2) is 0 Å². The van der Waals surface area contributed by atoms with Crippen LogP contribution in [0.4, 0.5) is 0 Å². The third-order valence-electron chi connectivity index (χ3n) is 3.49. The van der Waals surface area contributed by atoms with Crippen LogP contribution in [0.3, 0.4) is 0 Å². The van der Waals surface area contributed by atoms with Gasteiger partial charge in [-0.15, -0.1) is 11.3 Å². The first-order valence-corrected chi connectivity index (χ1v) is 8.66. The van der Waals surface area contributed by atoms with Crippen LogP contribution in [0.2, 0.25) is 0 Å². The average molecular weight is 421 g/mol. The number of rotatable bonds is 2. The third-order valence-corrected chi connectivity index (χ3v) is 6.73. The molecule has 7 heteroatoms. The molecular formula is C13H15Br2N3OS. The Labute approximate surface area is 139 Å². The van der Waals surface area contributed by atoms with E-state index in [0.29, 0.717) is 13.1 Å². The Kier molecular flexibility index (Phi) is 4.90. The number of carbonyl (C=O) groups is 1. The quantitative estimate of drug-likeness (QED) is 0.737. The van der Waals surface area contributed by atoms with Gasteiger partial charge in [0.25, 0.3) is 5.91 Å². The first-order valence-electron chi connectivity index (χ1n) is 6.25. The fourth-order valence-corrected chi connectivity index (χ4v) is 4.15. The van der Waals surface area contributed by atoms with Crippen molar-refractivity contribution < 1.29 is 4.79 Å². The van der Waals surface area contributed by atoms with Crippen LogP contribution in [-0.4, -0.2) is 47.4 Å². The molecule has 0 atom stereocenters. The van der Waals surface area contributed by atoms with Crippen molar-refractivity contribution in [1.29, 1.82) is 5.26 Å². The number of nitriles is 1. The normalized spacial score (nSPS) is 17.1. The lowest BCUT2D eigenvalue weighted by atomic mass is 10.0. The van der Waals surface area contributed by atoms with E-state index in [2.05, 4.69) is 42.8 Å². The van der Waals surface area contributed by atoms with Gasteiger partial charge in [-0.1, -0.05) is 0 Å². The molecule has 1 amide bonds. The van der Waals surface area contributed by atoms with Crippen molar-refractivity contribution >= 4 is 49.1 Å². The van der Waals surface area contributed by atoms with Gasteiger partial charge >= 0.3 is 0 Å². The lowest BCUT2D eigenvalue weighted by molar-refractivity contribution is 0.0525. The average Bonchev–Trinajstić information content (AvgIpc) is 2.78. The summed E-state index contributed by atoms with van der Waals surface area (Å²) in [6.45, 7) is 6.63. The monoisotopic (exact) mass is 419 g/mol. The fraction of sp³-hybridized carbons (Fsp3) is 0.538. The Hall–Kier alpha value is -0.420. The zero-order valence-electron chi connectivity index (χ0n) is 11.3. The van der Waals surface area contributed by atoms with Crippen molar-refractivity contribution in [2.75, 3.05) is 26.2 Å². The summed E-state index contributed by atoms with van der Waals surface area (Å²) in [4.78, 5) is 17.1. The molecule has 2 rings (SSSR count). The highest BCUT2D eigenvalue weighted by Gasteiger charge is 2.31. The van der Waals surface area contributed by atoms with Gasteiger partial charge in [0, 0.05) is 30.7 Å². The molecule has 0 saturated carbocycles. The molecule has 0 spiro atoms. The Morgan fingerprint density at radius 2 is 1.95 bits per heavy atom. The van der Waals surface area contributed by atoms with Crippen LogP contribution in [0.5, 0.6) is 0 Å². The zero-order chi connectivity index (χ0) is 14.9. The number of hydrogen-bond donors (Lipinski definition) is 0. The first kappa shape index (κ1) is 16.0. The van der Waals surface area contributed by atoms with Gasteiger partial charge in [-0.2, -0.15) is 5.26 Å². The molecule has 108 valence electrons. The van der Waals surface area contributed by atoms with Crippen LogP contribution < -0.4 is 0 Å². The summed E-state index contributed by atoms with van der Waals surface area (Å²) in [5, 5.41) is 9.15. The van der Waals surface area contributed by atoms with E-state index >= 15 is 0 Å². The minimum Gasteiger partial charge on any atom is -0.335 e. The molecule has 1 aromatic rings. The molecule has 0 aliphatic carbocycles. The third kappa shape index (κ3) is 3.25. The van der Waals surface area contributed by atoms with Crippen LogP contribution in [-0.2, 0) is 0 Å². The number of carbonyl (C=O) groups excluding carboxylic acids is 1. The second-order valence-corrected chi connectivity index (χ2v) is 8.41. The molecule has 0 bridgehead atoms. The van der Waals surface area contributed by atoms with E-state index in [1.54, 1.807) is 0 Å². The second-order valence-electron chi connectivity index (χ2n) is 5.18. The molecule has 0 unspecified atom stereocenters. The minimum absolute atomic E-state index is 0.0656. The standard InChI is InChI=1S/C13H15Br2N3OS/c1-13(2,8-16)18-5-3-17(4-6-18)12(19)10-7-9(14)11(15)20-10/h7H,3-6H2,1-2H3. The van der Waals surface area contributed by atoms with Crippen molar-refractivity contribution in [2.24, 2.45) is 0 Å². The van der Waals surface area contributed by atoms with Crippen LogP contribution in [0.15, 0.2) is 14.3 Å². The number of halogens is 2. The number of nitrogens with zero attached hydrogens (tertiary/aromatic N) is 3. The summed E-state index contributed by atoms with van der Waals surface area (Å²) >= 11 is 8.25. The highest BCUT2D eigenvalue weighted by molar-refractivity contribution is 9.13. The van der Waals surface area contributed by atoms with E-state index in [-0.39, 0.29) is 5.91 Å². The Balaban J connectivity index is 2.01. The summed E-state index contributed by atoms with van der Waals surface area (Å²) in [6.07, 6.45) is 0. The van der Waals surface area contributed by atoms with Crippen molar-refractivity contribution in [3.05, 3.63) is 19.2 Å². The summed E-state index contributed by atoms with van der Waals surface area (Å²) in [7, 11) is 0. The lowest BCUT2D eigenvalue weighted by Crippen LogP contribution is -2.55. The minimum atomic E-state index is -0.468. The van der Waals surface area contributed by atoms with Crippen LogP contribution >= 0.6 is 43.2 Å². The number of thiophene rings is 1. The highest BCUT2D eigenvalue weighted by Crippen LogP contribution is 2.33. The molecule has 1 aliphatic heterocycles. The van der Waals surface area contributed by atoms with Gasteiger partial charge in [-0.25, -0.2) is 0 Å². The maximum Gasteiger partial charge on any atom is 0.264 e. The Bertz CT molecular complexity index is 537. The molecule has 1 saturated heterocycles. The summed E-state index contributed by atoms with van der Waals surface area (Å²) < 4.78 is 1.85. The molecule has 1 aromatic heterocycles. The van der Waals surface area contributed by atoms with E-state index in [4.69, 9.17) is 5.26 Å². The highest BCUT2D eigenvalue weighted by atomic mass is 79.9. The summed E-state index contributed by atoms with van der Waals surface area (Å²) in [6, 6.07) is 4.16. The number of amides is 1. The first-order chi connectivity index (χ1) is 9.35. The number of piperazine rings is 1.